The van der Waals surface area contributed by atoms with E-state index in [9.17, 15) is 27.6 Å². The number of benzene rings is 3. The van der Waals surface area contributed by atoms with E-state index in [1.54, 1.807) is 43.3 Å². The number of alkyl halides is 4. The lowest BCUT2D eigenvalue weighted by Gasteiger charge is -2.31. The van der Waals surface area contributed by atoms with Crippen LogP contribution in [0.5, 0.6) is 23.0 Å². The minimum atomic E-state index is -4.73. The highest BCUT2D eigenvalue weighted by molar-refractivity contribution is 6.20. The fraction of sp³-hybridized carbons (Fsp3) is 0.325. The molecule has 14 nitrogen and oxygen atoms in total. The molecule has 5 heterocycles. The van der Waals surface area contributed by atoms with Gasteiger partial charge in [-0.05, 0) is 55.1 Å². The maximum Gasteiger partial charge on any atom is 0.431 e. The maximum absolute atomic E-state index is 14.4. The highest BCUT2D eigenvalue weighted by atomic mass is 35.5. The van der Waals surface area contributed by atoms with E-state index >= 15 is 0 Å². The molecule has 1 saturated heterocycles. The first-order chi connectivity index (χ1) is 27.7. The number of likely N-dealkylation sites (N-methyl/N-ethyl adjacent to an activating group) is 1. The van der Waals surface area contributed by atoms with E-state index in [1.807, 2.05) is 11.9 Å². The number of piperazine rings is 1. The third kappa shape index (κ3) is 6.57. The first-order valence-corrected chi connectivity index (χ1v) is 18.8. The Balaban J connectivity index is 1.11. The van der Waals surface area contributed by atoms with Crippen molar-refractivity contribution in [2.24, 2.45) is 0 Å². The number of nitrogens with zero attached hydrogens (tertiary/aromatic N) is 3. The molecule has 1 unspecified atom stereocenters. The molecule has 0 aliphatic carbocycles. The Hall–Kier alpha value is -6.07. The van der Waals surface area contributed by atoms with E-state index in [1.165, 1.54) is 37.2 Å². The molecule has 4 N–H and O–H groups in total. The zero-order valence-corrected chi connectivity index (χ0v) is 32.8. The van der Waals surface area contributed by atoms with E-state index in [0.29, 0.717) is 76.5 Å². The molecule has 0 saturated carbocycles. The number of methoxy groups -OCH3 is 3. The van der Waals surface area contributed by atoms with Crippen molar-refractivity contribution < 1.29 is 46.5 Å². The van der Waals surface area contributed by atoms with Crippen LogP contribution in [-0.2, 0) is 11.6 Å². The van der Waals surface area contributed by atoms with Gasteiger partial charge in [-0.25, -0.2) is 4.79 Å². The first kappa shape index (κ1) is 38.8. The number of amides is 3. The summed E-state index contributed by atoms with van der Waals surface area (Å²) in [7, 11) is 6.40. The Morgan fingerprint density at radius 3 is 2.24 bits per heavy atom. The van der Waals surface area contributed by atoms with Crippen LogP contribution in [0.15, 0.2) is 48.5 Å². The highest BCUT2D eigenvalue weighted by Crippen LogP contribution is 2.50. The average molecular weight is 822 g/mol. The summed E-state index contributed by atoms with van der Waals surface area (Å²) >= 11 is 6.53. The number of fused-ring (bicyclic) bond motifs is 5. The van der Waals surface area contributed by atoms with E-state index in [-0.39, 0.29) is 46.2 Å². The van der Waals surface area contributed by atoms with Gasteiger partial charge in [-0.1, -0.05) is 6.92 Å². The predicted molar refractivity (Wildman–Crippen MR) is 212 cm³/mol. The second-order valence-electron chi connectivity index (χ2n) is 14.7. The summed E-state index contributed by atoms with van der Waals surface area (Å²) in [5.74, 6) is 0.0873. The van der Waals surface area contributed by atoms with E-state index in [0.717, 1.165) is 6.07 Å². The molecule has 2 aliphatic rings. The van der Waals surface area contributed by atoms with Gasteiger partial charge in [0, 0.05) is 77.4 Å². The molecule has 0 spiro atoms. The molecular formula is C40H39ClF3N7O7. The molecule has 3 aromatic heterocycles. The number of aromatic nitrogens is 3. The number of carbonyl (C=O) groups is 3. The summed E-state index contributed by atoms with van der Waals surface area (Å²) in [6.45, 7) is 3.79. The molecule has 0 bridgehead atoms. The van der Waals surface area contributed by atoms with Crippen molar-refractivity contribution in [3.05, 3.63) is 71.2 Å². The third-order valence-electron chi connectivity index (χ3n) is 10.8. The third-order valence-corrected chi connectivity index (χ3v) is 11.4. The molecule has 304 valence electrons. The number of rotatable bonds is 8. The molecule has 6 aromatic rings. The van der Waals surface area contributed by atoms with Gasteiger partial charge >= 0.3 is 12.3 Å². The monoisotopic (exact) mass is 821 g/mol. The number of halogens is 4. The average Bonchev–Trinajstić information content (AvgIpc) is 4.00. The molecule has 0 radical (unpaired) electrons. The topological polar surface area (TPSA) is 157 Å². The summed E-state index contributed by atoms with van der Waals surface area (Å²) < 4.78 is 64.6. The van der Waals surface area contributed by atoms with Crippen molar-refractivity contribution in [2.75, 3.05) is 77.2 Å². The van der Waals surface area contributed by atoms with Crippen LogP contribution in [0.1, 0.15) is 39.2 Å². The van der Waals surface area contributed by atoms with Gasteiger partial charge in [0.15, 0.2) is 17.2 Å². The Morgan fingerprint density at radius 1 is 0.845 bits per heavy atom. The van der Waals surface area contributed by atoms with Crippen molar-refractivity contribution in [2.45, 2.75) is 18.5 Å². The minimum Gasteiger partial charge on any atom is -0.493 e. The van der Waals surface area contributed by atoms with E-state index in [2.05, 4.69) is 20.3 Å². The second-order valence-corrected chi connectivity index (χ2v) is 15.0. The number of carbonyl (C=O) groups excluding carboxylic acids is 3. The number of anilines is 2. The summed E-state index contributed by atoms with van der Waals surface area (Å²) in [4.78, 5) is 54.8. The lowest BCUT2D eigenvalue weighted by atomic mass is 9.84. The first-order valence-electron chi connectivity index (χ1n) is 18.2. The Morgan fingerprint density at radius 2 is 1.57 bits per heavy atom. The van der Waals surface area contributed by atoms with E-state index in [4.69, 9.17) is 30.5 Å². The summed E-state index contributed by atoms with van der Waals surface area (Å²) in [6.07, 6.45) is -5.44. The Kier molecular flexibility index (Phi) is 9.62. The Labute approximate surface area is 334 Å². The standard InChI is InChI=1S/C40H39ClF3N7O7/c1-39(18-41)19-51(27-17-28(58-38(54)50-10-8-49(2)9-11-50)33-23(31(27)39)16-30(48-33)40(42,43)44)37(53)26-13-20-12-22(6-7-24(20)46-26)45-36(52)25-14-21-15-29(55-3)34(56-4)35(57-5)32(21)47-25/h6-7,12-17,46-48H,8-11,18-19H2,1-5H3,(H,45,52). The van der Waals surface area contributed by atoms with Crippen molar-refractivity contribution in [1.29, 1.82) is 0 Å². The second kappa shape index (κ2) is 14.4. The van der Waals surface area contributed by atoms with Gasteiger partial charge in [0.25, 0.3) is 11.8 Å². The summed E-state index contributed by atoms with van der Waals surface area (Å²) in [5.41, 5.74) is 0.669. The SMILES string of the molecule is COc1cc2cc(C(=O)Nc3ccc4[nH]c(C(=O)N5CC(C)(CCl)c6c5cc(OC(=O)N5CCN(C)CC5)c5[nH]c(C(F)(F)F)cc65)cc4c3)[nH]c2c(OC)c1OC. The summed E-state index contributed by atoms with van der Waals surface area (Å²) in [6, 6.07) is 12.5. The van der Waals surface area contributed by atoms with Crippen LogP contribution in [0.4, 0.5) is 29.3 Å². The van der Waals surface area contributed by atoms with Crippen LogP contribution in [0.3, 0.4) is 0 Å². The largest absolute Gasteiger partial charge is 0.493 e. The molecule has 1 atom stereocenters. The Bertz CT molecular complexity index is 2630. The van der Waals surface area contributed by atoms with Crippen LogP contribution in [0, 0.1) is 0 Å². The number of ether oxygens (including phenoxy) is 4. The van der Waals surface area contributed by atoms with Gasteiger partial charge in [0.2, 0.25) is 5.75 Å². The lowest BCUT2D eigenvalue weighted by Crippen LogP contribution is -2.48. The molecule has 18 heteroatoms. The minimum absolute atomic E-state index is 0.0220. The van der Waals surface area contributed by atoms with Crippen LogP contribution >= 0.6 is 11.6 Å². The van der Waals surface area contributed by atoms with Gasteiger partial charge in [-0.2, -0.15) is 13.2 Å². The normalized spacial score (nSPS) is 17.3. The molecule has 3 amide bonds. The van der Waals surface area contributed by atoms with Crippen LogP contribution in [0.2, 0.25) is 0 Å². The molecule has 1 fully saturated rings. The van der Waals surface area contributed by atoms with Crippen molar-refractivity contribution in [3.63, 3.8) is 0 Å². The van der Waals surface area contributed by atoms with Crippen LogP contribution in [-0.4, -0.2) is 110 Å². The predicted octanol–water partition coefficient (Wildman–Crippen LogP) is 7.33. The van der Waals surface area contributed by atoms with Crippen molar-refractivity contribution >= 4 is 73.6 Å². The molecule has 8 rings (SSSR count). The van der Waals surface area contributed by atoms with Crippen molar-refractivity contribution in [1.82, 2.24) is 24.8 Å². The fourth-order valence-corrected chi connectivity index (χ4v) is 8.04. The van der Waals surface area contributed by atoms with Gasteiger partial charge in [0.1, 0.15) is 17.1 Å². The van der Waals surface area contributed by atoms with E-state index < -0.39 is 35.2 Å². The van der Waals surface area contributed by atoms with Gasteiger partial charge in [-0.3, -0.25) is 9.59 Å². The maximum atomic E-state index is 14.4. The van der Waals surface area contributed by atoms with Crippen LogP contribution in [0.25, 0.3) is 32.7 Å². The summed E-state index contributed by atoms with van der Waals surface area (Å²) in [5, 5.41) is 4.29. The number of H-pyrrole nitrogens is 3. The van der Waals surface area contributed by atoms with Crippen molar-refractivity contribution in [3.8, 4) is 23.0 Å². The highest BCUT2D eigenvalue weighted by Gasteiger charge is 2.45. The molecule has 3 aromatic carbocycles. The molecule has 2 aliphatic heterocycles. The number of nitrogens with one attached hydrogen (secondary N) is 4. The van der Waals surface area contributed by atoms with Gasteiger partial charge in [0.05, 0.1) is 38.1 Å². The molecular weight excluding hydrogens is 783 g/mol. The number of hydrogen-bond donors (Lipinski definition) is 4. The van der Waals surface area contributed by atoms with Gasteiger partial charge < -0.3 is 53.9 Å². The molecule has 58 heavy (non-hydrogen) atoms. The quantitative estimate of drug-likeness (QED) is 0.116. The zero-order chi connectivity index (χ0) is 41.3. The number of hydrogen-bond acceptors (Lipinski definition) is 8. The lowest BCUT2D eigenvalue weighted by molar-refractivity contribution is -0.140. The van der Waals surface area contributed by atoms with Crippen LogP contribution < -0.4 is 29.2 Å². The zero-order valence-electron chi connectivity index (χ0n) is 32.1. The smallest absolute Gasteiger partial charge is 0.431 e. The number of aromatic amines is 3. The van der Waals surface area contributed by atoms with Gasteiger partial charge in [-0.15, -0.1) is 11.6 Å². The fourth-order valence-electron chi connectivity index (χ4n) is 7.82.